The molecular formula is C21H25Cl2NO3. The zero-order valence-electron chi connectivity index (χ0n) is 15.6. The highest BCUT2D eigenvalue weighted by Crippen LogP contribution is 2.46. The lowest BCUT2D eigenvalue weighted by Crippen LogP contribution is -2.31. The van der Waals surface area contributed by atoms with Crippen molar-refractivity contribution in [1.82, 2.24) is 4.90 Å². The Labute approximate surface area is 171 Å². The standard InChI is InChI=1S/C21H24ClNO3.ClH/c1-15-4-7-17(8-5-15)21(10-3-11-23(2)13-20(24)25)19-12-18(22)9-6-16(19)14-26-21;/h4-9,12H,3,10-11,13-14H2,1-2H3,(H,24,25);1H. The molecule has 0 spiro atoms. The van der Waals surface area contributed by atoms with Crippen LogP contribution in [0.2, 0.25) is 5.02 Å². The van der Waals surface area contributed by atoms with Gasteiger partial charge in [-0.2, -0.15) is 0 Å². The smallest absolute Gasteiger partial charge is 0.317 e. The molecule has 1 unspecified atom stereocenters. The molecule has 2 aromatic rings. The van der Waals surface area contributed by atoms with Gasteiger partial charge in [0.1, 0.15) is 5.60 Å². The summed E-state index contributed by atoms with van der Waals surface area (Å²) in [4.78, 5) is 12.7. The van der Waals surface area contributed by atoms with E-state index < -0.39 is 11.6 Å². The average molecular weight is 410 g/mol. The quantitative estimate of drug-likeness (QED) is 0.723. The fourth-order valence-electron chi connectivity index (χ4n) is 3.65. The summed E-state index contributed by atoms with van der Waals surface area (Å²) in [5, 5.41) is 9.63. The van der Waals surface area contributed by atoms with Crippen molar-refractivity contribution in [2.45, 2.75) is 32.0 Å². The second-order valence-electron chi connectivity index (χ2n) is 7.02. The van der Waals surface area contributed by atoms with E-state index >= 15 is 0 Å². The van der Waals surface area contributed by atoms with E-state index in [1.54, 1.807) is 0 Å². The molecule has 0 fully saturated rings. The maximum Gasteiger partial charge on any atom is 0.317 e. The number of carboxylic acid groups (broad SMARTS) is 1. The second-order valence-corrected chi connectivity index (χ2v) is 7.45. The van der Waals surface area contributed by atoms with Crippen LogP contribution in [0, 0.1) is 6.92 Å². The first-order valence-electron chi connectivity index (χ1n) is 8.81. The molecule has 0 aliphatic carbocycles. The summed E-state index contributed by atoms with van der Waals surface area (Å²) in [5.41, 5.74) is 4.07. The molecule has 0 aromatic heterocycles. The van der Waals surface area contributed by atoms with Gasteiger partial charge in [0.05, 0.1) is 13.2 Å². The van der Waals surface area contributed by atoms with E-state index in [1.165, 1.54) is 5.56 Å². The normalized spacial score (nSPS) is 18.2. The van der Waals surface area contributed by atoms with E-state index in [4.69, 9.17) is 21.4 Å². The highest BCUT2D eigenvalue weighted by atomic mass is 35.5. The van der Waals surface area contributed by atoms with E-state index in [2.05, 4.69) is 31.2 Å². The Morgan fingerprint density at radius 3 is 2.63 bits per heavy atom. The van der Waals surface area contributed by atoms with Crippen molar-refractivity contribution in [2.75, 3.05) is 20.1 Å². The predicted octanol–water partition coefficient (Wildman–Crippen LogP) is 4.64. The van der Waals surface area contributed by atoms with Crippen LogP contribution in [0.3, 0.4) is 0 Å². The summed E-state index contributed by atoms with van der Waals surface area (Å²) in [7, 11) is 1.83. The number of hydrogen-bond donors (Lipinski definition) is 1. The topological polar surface area (TPSA) is 49.8 Å². The van der Waals surface area contributed by atoms with Gasteiger partial charge in [-0.05, 0) is 62.2 Å². The Hall–Kier alpha value is -1.59. The van der Waals surface area contributed by atoms with Crippen molar-refractivity contribution < 1.29 is 14.6 Å². The fourth-order valence-corrected chi connectivity index (χ4v) is 3.82. The number of hydrogen-bond acceptors (Lipinski definition) is 3. The van der Waals surface area contributed by atoms with Gasteiger partial charge in [-0.1, -0.05) is 47.5 Å². The Bertz CT molecular complexity index is 795. The van der Waals surface area contributed by atoms with E-state index in [9.17, 15) is 4.79 Å². The highest BCUT2D eigenvalue weighted by molar-refractivity contribution is 6.30. The molecule has 2 aromatic carbocycles. The number of rotatable bonds is 7. The molecule has 1 aliphatic heterocycles. The molecule has 0 amide bonds. The Kier molecular flexibility index (Phi) is 7.29. The van der Waals surface area contributed by atoms with Gasteiger partial charge >= 0.3 is 5.97 Å². The molecule has 146 valence electrons. The number of ether oxygens (including phenoxy) is 1. The summed E-state index contributed by atoms with van der Waals surface area (Å²) >= 11 is 6.28. The largest absolute Gasteiger partial charge is 0.480 e. The molecular weight excluding hydrogens is 385 g/mol. The number of carbonyl (C=O) groups is 1. The molecule has 0 saturated heterocycles. The van der Waals surface area contributed by atoms with Crippen LogP contribution in [-0.2, 0) is 21.7 Å². The Morgan fingerprint density at radius 1 is 1.26 bits per heavy atom. The van der Waals surface area contributed by atoms with E-state index in [-0.39, 0.29) is 19.0 Å². The van der Waals surface area contributed by atoms with Crippen molar-refractivity contribution in [1.29, 1.82) is 0 Å². The molecule has 6 heteroatoms. The first-order chi connectivity index (χ1) is 12.4. The summed E-state index contributed by atoms with van der Waals surface area (Å²) in [6, 6.07) is 14.4. The lowest BCUT2D eigenvalue weighted by Gasteiger charge is -2.31. The lowest BCUT2D eigenvalue weighted by atomic mass is 9.81. The zero-order chi connectivity index (χ0) is 18.7. The second kappa shape index (κ2) is 9.07. The molecule has 4 nitrogen and oxygen atoms in total. The fraction of sp³-hybridized carbons (Fsp3) is 0.381. The molecule has 0 saturated carbocycles. The number of aryl methyl sites for hydroxylation is 1. The van der Waals surface area contributed by atoms with Gasteiger partial charge < -0.3 is 9.84 Å². The van der Waals surface area contributed by atoms with Crippen LogP contribution in [-0.4, -0.2) is 36.1 Å². The molecule has 1 heterocycles. The summed E-state index contributed by atoms with van der Waals surface area (Å²) in [6.45, 7) is 3.36. The number of benzene rings is 2. The molecule has 1 atom stereocenters. The monoisotopic (exact) mass is 409 g/mol. The number of nitrogens with zero attached hydrogens (tertiary/aromatic N) is 1. The highest BCUT2D eigenvalue weighted by Gasteiger charge is 2.41. The van der Waals surface area contributed by atoms with Gasteiger partial charge in [0.25, 0.3) is 0 Å². The zero-order valence-corrected chi connectivity index (χ0v) is 17.1. The van der Waals surface area contributed by atoms with Crippen LogP contribution in [0.15, 0.2) is 42.5 Å². The van der Waals surface area contributed by atoms with Gasteiger partial charge in [-0.3, -0.25) is 9.69 Å². The van der Waals surface area contributed by atoms with Crippen molar-refractivity contribution in [3.05, 3.63) is 69.7 Å². The van der Waals surface area contributed by atoms with Crippen LogP contribution in [0.4, 0.5) is 0 Å². The predicted molar refractivity (Wildman–Crippen MR) is 110 cm³/mol. The molecule has 1 aliphatic rings. The van der Waals surface area contributed by atoms with E-state index in [1.807, 2.05) is 30.1 Å². The first-order valence-corrected chi connectivity index (χ1v) is 9.19. The van der Waals surface area contributed by atoms with Gasteiger partial charge in [0.15, 0.2) is 0 Å². The van der Waals surface area contributed by atoms with Crippen LogP contribution in [0.5, 0.6) is 0 Å². The molecule has 3 rings (SSSR count). The third-order valence-electron chi connectivity index (χ3n) is 4.97. The number of carboxylic acids is 1. The summed E-state index contributed by atoms with van der Waals surface area (Å²) < 4.78 is 6.36. The number of halogens is 2. The first kappa shape index (κ1) is 21.7. The maximum absolute atomic E-state index is 10.9. The van der Waals surface area contributed by atoms with Crippen LogP contribution in [0.25, 0.3) is 0 Å². The average Bonchev–Trinajstić information content (AvgIpc) is 2.94. The molecule has 0 radical (unpaired) electrons. The molecule has 0 bridgehead atoms. The Morgan fingerprint density at radius 2 is 1.96 bits per heavy atom. The van der Waals surface area contributed by atoms with Crippen molar-refractivity contribution in [2.24, 2.45) is 0 Å². The van der Waals surface area contributed by atoms with Crippen molar-refractivity contribution in [3.63, 3.8) is 0 Å². The van der Waals surface area contributed by atoms with Crippen LogP contribution in [0.1, 0.15) is 35.1 Å². The van der Waals surface area contributed by atoms with Crippen molar-refractivity contribution >= 4 is 30.0 Å². The number of fused-ring (bicyclic) bond motifs is 1. The van der Waals surface area contributed by atoms with Gasteiger partial charge in [-0.15, -0.1) is 12.4 Å². The minimum Gasteiger partial charge on any atom is -0.480 e. The third-order valence-corrected chi connectivity index (χ3v) is 5.21. The minimum atomic E-state index is -0.810. The SMILES string of the molecule is Cc1ccc(C2(CCCN(C)CC(=O)O)OCc3ccc(Cl)cc32)cc1.Cl. The van der Waals surface area contributed by atoms with Crippen LogP contribution < -0.4 is 0 Å². The lowest BCUT2D eigenvalue weighted by molar-refractivity contribution is -0.138. The van der Waals surface area contributed by atoms with Gasteiger partial charge in [0, 0.05) is 5.02 Å². The molecule has 27 heavy (non-hydrogen) atoms. The minimum absolute atomic E-state index is 0. The summed E-state index contributed by atoms with van der Waals surface area (Å²) in [6.07, 6.45) is 1.59. The van der Waals surface area contributed by atoms with E-state index in [0.29, 0.717) is 18.2 Å². The van der Waals surface area contributed by atoms with Crippen LogP contribution >= 0.6 is 24.0 Å². The van der Waals surface area contributed by atoms with Gasteiger partial charge in [0.2, 0.25) is 0 Å². The number of likely N-dealkylation sites (N-methyl/N-ethyl adjacent to an activating group) is 1. The summed E-state index contributed by atoms with van der Waals surface area (Å²) in [5.74, 6) is -0.810. The number of aliphatic carboxylic acids is 1. The van der Waals surface area contributed by atoms with E-state index in [0.717, 1.165) is 29.5 Å². The third kappa shape index (κ3) is 4.82. The van der Waals surface area contributed by atoms with Crippen molar-refractivity contribution in [3.8, 4) is 0 Å². The maximum atomic E-state index is 10.9. The Balaban J connectivity index is 0.00000261. The van der Waals surface area contributed by atoms with Gasteiger partial charge in [-0.25, -0.2) is 0 Å². The molecule has 1 N–H and O–H groups in total.